The van der Waals surface area contributed by atoms with Gasteiger partial charge in [0.1, 0.15) is 0 Å². The van der Waals surface area contributed by atoms with Gasteiger partial charge in [-0.15, -0.1) is 0 Å². The number of rotatable bonds is 5. The number of nitrogens with zero attached hydrogens (tertiary/aromatic N) is 2. The molecule has 1 fully saturated rings. The predicted octanol–water partition coefficient (Wildman–Crippen LogP) is 3.70. The number of nitrogens with one attached hydrogen (secondary N) is 1. The van der Waals surface area contributed by atoms with Gasteiger partial charge in [-0.1, -0.05) is 48.5 Å². The fourth-order valence-corrected chi connectivity index (χ4v) is 3.79. The highest BCUT2D eigenvalue weighted by atomic mass is 32.1. The molecule has 132 valence electrons. The Bertz CT molecular complexity index is 651. The van der Waals surface area contributed by atoms with Gasteiger partial charge in [-0.25, -0.2) is 0 Å². The van der Waals surface area contributed by atoms with Crippen LogP contribution in [0, 0.1) is 0 Å². The van der Waals surface area contributed by atoms with Crippen LogP contribution in [0.25, 0.3) is 0 Å². The zero-order chi connectivity index (χ0) is 17.5. The van der Waals surface area contributed by atoms with Gasteiger partial charge in [-0.3, -0.25) is 0 Å². The Morgan fingerprint density at radius 2 is 1.64 bits per heavy atom. The molecular weight excluding hydrogens is 326 g/mol. The third kappa shape index (κ3) is 4.80. The number of para-hydroxylation sites is 1. The average molecular weight is 354 g/mol. The fraction of sp³-hybridized carbons (Fsp3) is 0.381. The van der Waals surface area contributed by atoms with E-state index in [2.05, 4.69) is 75.8 Å². The molecule has 0 radical (unpaired) electrons. The summed E-state index contributed by atoms with van der Waals surface area (Å²) in [5, 5.41) is 3.98. The number of benzene rings is 2. The lowest BCUT2D eigenvalue weighted by atomic mass is 10.0. The second-order valence-electron chi connectivity index (χ2n) is 6.57. The van der Waals surface area contributed by atoms with E-state index in [0.29, 0.717) is 6.04 Å². The van der Waals surface area contributed by atoms with Gasteiger partial charge in [-0.05, 0) is 49.2 Å². The van der Waals surface area contributed by atoms with Crippen molar-refractivity contribution in [2.24, 2.45) is 0 Å². The standard InChI is InChI=1S/C21H27N3S/c1-22-21(25)24(19-10-6-3-7-11-19)20-13-16-23(17-14-20)15-12-18-8-4-2-5-9-18/h2-11,20H,12-17H2,1H3,(H,22,25). The van der Waals surface area contributed by atoms with Crippen molar-refractivity contribution in [2.45, 2.75) is 25.3 Å². The molecule has 0 unspecified atom stereocenters. The van der Waals surface area contributed by atoms with E-state index < -0.39 is 0 Å². The maximum atomic E-state index is 5.59. The van der Waals surface area contributed by atoms with E-state index in [9.17, 15) is 0 Å². The monoisotopic (exact) mass is 353 g/mol. The van der Waals surface area contributed by atoms with Gasteiger partial charge in [0, 0.05) is 38.4 Å². The molecule has 3 rings (SSSR count). The van der Waals surface area contributed by atoms with Crippen molar-refractivity contribution < 1.29 is 0 Å². The first-order valence-corrected chi connectivity index (χ1v) is 9.51. The first-order valence-electron chi connectivity index (χ1n) is 9.10. The number of anilines is 1. The van der Waals surface area contributed by atoms with Gasteiger partial charge in [-0.2, -0.15) is 0 Å². The lowest BCUT2D eigenvalue weighted by Gasteiger charge is -2.39. The lowest BCUT2D eigenvalue weighted by molar-refractivity contribution is 0.216. The molecule has 1 N–H and O–H groups in total. The SMILES string of the molecule is CNC(=S)N(c1ccccc1)C1CCN(CCc2ccccc2)CC1. The van der Waals surface area contributed by atoms with Crippen molar-refractivity contribution in [1.82, 2.24) is 10.2 Å². The van der Waals surface area contributed by atoms with Crippen molar-refractivity contribution in [2.75, 3.05) is 31.6 Å². The molecule has 1 heterocycles. The Balaban J connectivity index is 1.57. The summed E-state index contributed by atoms with van der Waals surface area (Å²) in [5.41, 5.74) is 2.61. The Morgan fingerprint density at radius 3 is 2.24 bits per heavy atom. The van der Waals surface area contributed by atoms with Gasteiger partial charge >= 0.3 is 0 Å². The maximum absolute atomic E-state index is 5.59. The minimum absolute atomic E-state index is 0.468. The van der Waals surface area contributed by atoms with Crippen LogP contribution in [0.15, 0.2) is 60.7 Å². The summed E-state index contributed by atoms with van der Waals surface area (Å²) in [5.74, 6) is 0. The zero-order valence-electron chi connectivity index (χ0n) is 14.9. The molecule has 4 heteroatoms. The lowest BCUT2D eigenvalue weighted by Crippen LogP contribution is -2.50. The van der Waals surface area contributed by atoms with E-state index in [1.807, 2.05) is 7.05 Å². The first kappa shape index (κ1) is 17.9. The number of piperidine rings is 1. The molecule has 0 bridgehead atoms. The molecule has 0 spiro atoms. The number of hydrogen-bond donors (Lipinski definition) is 1. The predicted molar refractivity (Wildman–Crippen MR) is 110 cm³/mol. The van der Waals surface area contributed by atoms with Crippen LogP contribution in [0.2, 0.25) is 0 Å². The van der Waals surface area contributed by atoms with Crippen LogP contribution in [0.4, 0.5) is 5.69 Å². The molecule has 2 aromatic carbocycles. The van der Waals surface area contributed by atoms with Crippen LogP contribution < -0.4 is 10.2 Å². The smallest absolute Gasteiger partial charge is 0.173 e. The summed E-state index contributed by atoms with van der Waals surface area (Å²) in [6.07, 6.45) is 3.42. The van der Waals surface area contributed by atoms with Gasteiger partial charge in [0.2, 0.25) is 0 Å². The van der Waals surface area contributed by atoms with Crippen LogP contribution in [-0.4, -0.2) is 42.7 Å². The van der Waals surface area contributed by atoms with E-state index in [0.717, 1.165) is 44.0 Å². The third-order valence-corrected chi connectivity index (χ3v) is 5.35. The summed E-state index contributed by atoms with van der Waals surface area (Å²) in [6.45, 7) is 3.40. The molecule has 25 heavy (non-hydrogen) atoms. The molecule has 2 aromatic rings. The second-order valence-corrected chi connectivity index (χ2v) is 6.96. The summed E-state index contributed by atoms with van der Waals surface area (Å²) < 4.78 is 0. The Labute approximate surface area is 156 Å². The molecule has 1 aliphatic heterocycles. The largest absolute Gasteiger partial charge is 0.365 e. The molecule has 0 aliphatic carbocycles. The molecule has 0 atom stereocenters. The molecule has 0 amide bonds. The molecule has 3 nitrogen and oxygen atoms in total. The van der Waals surface area contributed by atoms with Crippen molar-refractivity contribution in [1.29, 1.82) is 0 Å². The molecule has 1 saturated heterocycles. The number of likely N-dealkylation sites (tertiary alicyclic amines) is 1. The van der Waals surface area contributed by atoms with Crippen LogP contribution in [0.3, 0.4) is 0 Å². The van der Waals surface area contributed by atoms with Crippen LogP contribution >= 0.6 is 12.2 Å². The highest BCUT2D eigenvalue weighted by molar-refractivity contribution is 7.80. The van der Waals surface area contributed by atoms with Crippen molar-refractivity contribution in [3.05, 3.63) is 66.2 Å². The molecular formula is C21H27N3S. The first-order chi connectivity index (χ1) is 12.3. The normalized spacial score (nSPS) is 15.7. The quantitative estimate of drug-likeness (QED) is 0.826. The maximum Gasteiger partial charge on any atom is 0.173 e. The number of hydrogen-bond acceptors (Lipinski definition) is 2. The topological polar surface area (TPSA) is 18.5 Å². The highest BCUT2D eigenvalue weighted by Crippen LogP contribution is 2.24. The Kier molecular flexibility index (Phi) is 6.42. The summed E-state index contributed by atoms with van der Waals surface area (Å²) in [6, 6.07) is 21.7. The Hall–Kier alpha value is -1.91. The van der Waals surface area contributed by atoms with E-state index in [1.165, 1.54) is 11.3 Å². The second kappa shape index (κ2) is 8.97. The van der Waals surface area contributed by atoms with Gasteiger partial charge in [0.25, 0.3) is 0 Å². The summed E-state index contributed by atoms with van der Waals surface area (Å²) in [7, 11) is 1.91. The van der Waals surface area contributed by atoms with Crippen LogP contribution in [0.5, 0.6) is 0 Å². The van der Waals surface area contributed by atoms with Gasteiger partial charge in [0.15, 0.2) is 5.11 Å². The van der Waals surface area contributed by atoms with Crippen molar-refractivity contribution in [3.8, 4) is 0 Å². The third-order valence-electron chi connectivity index (χ3n) is 4.95. The average Bonchev–Trinajstić information content (AvgIpc) is 2.69. The highest BCUT2D eigenvalue weighted by Gasteiger charge is 2.26. The summed E-state index contributed by atoms with van der Waals surface area (Å²) >= 11 is 5.59. The van der Waals surface area contributed by atoms with Gasteiger partial charge < -0.3 is 15.1 Å². The molecule has 1 aliphatic rings. The number of thiocarbonyl (C=S) groups is 1. The molecule has 0 aromatic heterocycles. The summed E-state index contributed by atoms with van der Waals surface area (Å²) in [4.78, 5) is 4.87. The van der Waals surface area contributed by atoms with Crippen molar-refractivity contribution in [3.63, 3.8) is 0 Å². The van der Waals surface area contributed by atoms with E-state index in [-0.39, 0.29) is 0 Å². The zero-order valence-corrected chi connectivity index (χ0v) is 15.7. The van der Waals surface area contributed by atoms with E-state index >= 15 is 0 Å². The molecule has 0 saturated carbocycles. The van der Waals surface area contributed by atoms with Crippen LogP contribution in [0.1, 0.15) is 18.4 Å². The van der Waals surface area contributed by atoms with Crippen LogP contribution in [-0.2, 0) is 6.42 Å². The Morgan fingerprint density at radius 1 is 1.04 bits per heavy atom. The van der Waals surface area contributed by atoms with E-state index in [4.69, 9.17) is 12.2 Å². The van der Waals surface area contributed by atoms with Crippen molar-refractivity contribution >= 4 is 23.0 Å². The fourth-order valence-electron chi connectivity index (χ4n) is 3.54. The minimum Gasteiger partial charge on any atom is -0.365 e. The van der Waals surface area contributed by atoms with E-state index in [1.54, 1.807) is 0 Å². The van der Waals surface area contributed by atoms with Gasteiger partial charge in [0.05, 0.1) is 0 Å². The minimum atomic E-state index is 0.468.